The molecular weight excluding hydrogens is 268 g/mol. The summed E-state index contributed by atoms with van der Waals surface area (Å²) in [7, 11) is 1.56. The zero-order valence-electron chi connectivity index (χ0n) is 11.9. The van der Waals surface area contributed by atoms with Gasteiger partial charge < -0.3 is 9.84 Å². The average molecular weight is 284 g/mol. The lowest BCUT2D eigenvalue weighted by Gasteiger charge is -2.09. The number of carboxylic acid groups (broad SMARTS) is 1. The highest BCUT2D eigenvalue weighted by molar-refractivity contribution is 6.09. The first-order valence-corrected chi connectivity index (χ1v) is 6.54. The van der Waals surface area contributed by atoms with Crippen LogP contribution in [0.4, 0.5) is 0 Å². The van der Waals surface area contributed by atoms with Crippen molar-refractivity contribution in [3.05, 3.63) is 65.2 Å². The summed E-state index contributed by atoms with van der Waals surface area (Å²) in [4.78, 5) is 23.4. The van der Waals surface area contributed by atoms with E-state index in [0.717, 1.165) is 0 Å². The summed E-state index contributed by atoms with van der Waals surface area (Å²) < 4.78 is 5.05. The number of hydrogen-bond donors (Lipinski definition) is 1. The molecule has 0 amide bonds. The molecular formula is C17H16O4. The monoisotopic (exact) mass is 284 g/mol. The summed E-state index contributed by atoms with van der Waals surface area (Å²) >= 11 is 0. The highest BCUT2D eigenvalue weighted by Crippen LogP contribution is 2.20. The van der Waals surface area contributed by atoms with Crippen LogP contribution in [0.1, 0.15) is 34.3 Å². The highest BCUT2D eigenvalue weighted by Gasteiger charge is 2.16. The van der Waals surface area contributed by atoms with Gasteiger partial charge in [0.25, 0.3) is 0 Å². The van der Waals surface area contributed by atoms with E-state index in [0.29, 0.717) is 22.4 Å². The van der Waals surface area contributed by atoms with E-state index in [1.54, 1.807) is 62.6 Å². The maximum absolute atomic E-state index is 12.4. The predicted octanol–water partition coefficient (Wildman–Crippen LogP) is 3.11. The fraction of sp³-hybridized carbons (Fsp3) is 0.176. The molecule has 0 aliphatic heterocycles. The Morgan fingerprint density at radius 1 is 1.05 bits per heavy atom. The van der Waals surface area contributed by atoms with Crippen molar-refractivity contribution in [3.63, 3.8) is 0 Å². The van der Waals surface area contributed by atoms with Crippen molar-refractivity contribution in [2.45, 2.75) is 12.8 Å². The third kappa shape index (κ3) is 3.28. The Bertz CT molecular complexity index is 659. The Kier molecular flexibility index (Phi) is 4.38. The van der Waals surface area contributed by atoms with Crippen molar-refractivity contribution < 1.29 is 19.4 Å². The van der Waals surface area contributed by atoms with E-state index in [1.807, 2.05) is 0 Å². The molecule has 0 radical (unpaired) electrons. The Morgan fingerprint density at radius 3 is 2.29 bits per heavy atom. The van der Waals surface area contributed by atoms with Crippen LogP contribution in [0.2, 0.25) is 0 Å². The van der Waals surface area contributed by atoms with Gasteiger partial charge >= 0.3 is 5.97 Å². The Labute approximate surface area is 123 Å². The van der Waals surface area contributed by atoms with Crippen LogP contribution in [-0.4, -0.2) is 24.0 Å². The normalized spacial score (nSPS) is 11.7. The lowest BCUT2D eigenvalue weighted by Crippen LogP contribution is -2.09. The second-order valence-electron chi connectivity index (χ2n) is 4.74. The molecule has 0 bridgehead atoms. The van der Waals surface area contributed by atoms with E-state index >= 15 is 0 Å². The molecule has 4 heteroatoms. The topological polar surface area (TPSA) is 63.6 Å². The summed E-state index contributed by atoms with van der Waals surface area (Å²) in [6.07, 6.45) is 0. The van der Waals surface area contributed by atoms with Crippen molar-refractivity contribution in [2.75, 3.05) is 7.11 Å². The Hall–Kier alpha value is -2.62. The molecule has 2 rings (SSSR count). The molecule has 21 heavy (non-hydrogen) atoms. The summed E-state index contributed by atoms with van der Waals surface area (Å²) in [5.74, 6) is -1.02. The minimum Gasteiger partial charge on any atom is -0.497 e. The number of carbonyl (C=O) groups is 2. The molecule has 1 unspecified atom stereocenters. The number of carboxylic acids is 1. The van der Waals surface area contributed by atoms with E-state index < -0.39 is 11.9 Å². The fourth-order valence-corrected chi connectivity index (χ4v) is 2.00. The zero-order chi connectivity index (χ0) is 15.4. The van der Waals surface area contributed by atoms with Crippen LogP contribution in [0.25, 0.3) is 0 Å². The number of hydrogen-bond acceptors (Lipinski definition) is 3. The zero-order valence-corrected chi connectivity index (χ0v) is 11.9. The van der Waals surface area contributed by atoms with Gasteiger partial charge in [0.2, 0.25) is 0 Å². The van der Waals surface area contributed by atoms with Gasteiger partial charge in [-0.2, -0.15) is 0 Å². The van der Waals surface area contributed by atoms with Crippen LogP contribution >= 0.6 is 0 Å². The molecule has 0 aliphatic carbocycles. The highest BCUT2D eigenvalue weighted by atomic mass is 16.5. The first kappa shape index (κ1) is 14.8. The summed E-state index contributed by atoms with van der Waals surface area (Å²) in [6, 6.07) is 13.5. The van der Waals surface area contributed by atoms with Gasteiger partial charge in [-0.3, -0.25) is 9.59 Å². The second-order valence-corrected chi connectivity index (χ2v) is 4.74. The van der Waals surface area contributed by atoms with Crippen LogP contribution in [0.15, 0.2) is 48.5 Å². The summed E-state index contributed by atoms with van der Waals surface area (Å²) in [5.41, 5.74) is 1.63. The minimum atomic E-state index is -0.913. The molecule has 4 nitrogen and oxygen atoms in total. The van der Waals surface area contributed by atoms with Gasteiger partial charge in [0.1, 0.15) is 5.75 Å². The largest absolute Gasteiger partial charge is 0.497 e. The SMILES string of the molecule is COc1ccc(C(=O)c2cccc(C(C)C(=O)O)c2)cc1. The molecule has 2 aromatic rings. The lowest BCUT2D eigenvalue weighted by molar-refractivity contribution is -0.138. The van der Waals surface area contributed by atoms with Crippen LogP contribution in [-0.2, 0) is 4.79 Å². The van der Waals surface area contributed by atoms with Crippen molar-refractivity contribution in [1.82, 2.24) is 0 Å². The fourth-order valence-electron chi connectivity index (χ4n) is 2.00. The molecule has 0 heterocycles. The molecule has 0 spiro atoms. The first-order chi connectivity index (χ1) is 10.0. The van der Waals surface area contributed by atoms with Crippen molar-refractivity contribution in [3.8, 4) is 5.75 Å². The van der Waals surface area contributed by atoms with E-state index in [2.05, 4.69) is 0 Å². The van der Waals surface area contributed by atoms with E-state index in [4.69, 9.17) is 9.84 Å². The smallest absolute Gasteiger partial charge is 0.310 e. The number of ether oxygens (including phenoxy) is 1. The Morgan fingerprint density at radius 2 is 1.71 bits per heavy atom. The Balaban J connectivity index is 2.30. The van der Waals surface area contributed by atoms with E-state index in [9.17, 15) is 9.59 Å². The molecule has 0 saturated carbocycles. The maximum atomic E-state index is 12.4. The molecule has 108 valence electrons. The summed E-state index contributed by atoms with van der Waals surface area (Å²) in [5, 5.41) is 9.04. The van der Waals surface area contributed by atoms with E-state index in [1.165, 1.54) is 0 Å². The van der Waals surface area contributed by atoms with Crippen LogP contribution in [0.3, 0.4) is 0 Å². The molecule has 0 aliphatic rings. The first-order valence-electron chi connectivity index (χ1n) is 6.54. The van der Waals surface area contributed by atoms with Gasteiger partial charge in [-0.1, -0.05) is 18.2 Å². The molecule has 1 atom stereocenters. The van der Waals surface area contributed by atoms with Gasteiger partial charge in [-0.25, -0.2) is 0 Å². The van der Waals surface area contributed by atoms with Gasteiger partial charge in [0, 0.05) is 11.1 Å². The molecule has 0 aromatic heterocycles. The number of benzene rings is 2. The number of ketones is 1. The van der Waals surface area contributed by atoms with Crippen molar-refractivity contribution in [2.24, 2.45) is 0 Å². The number of aliphatic carboxylic acids is 1. The standard InChI is InChI=1S/C17H16O4/c1-11(17(19)20)13-4-3-5-14(10-13)16(18)12-6-8-15(21-2)9-7-12/h3-11H,1-2H3,(H,19,20). The predicted molar refractivity (Wildman–Crippen MR) is 78.9 cm³/mol. The third-order valence-corrected chi connectivity index (χ3v) is 3.37. The minimum absolute atomic E-state index is 0.142. The second kappa shape index (κ2) is 6.22. The number of rotatable bonds is 5. The van der Waals surface area contributed by atoms with Gasteiger partial charge in [-0.05, 0) is 42.8 Å². The van der Waals surface area contributed by atoms with E-state index in [-0.39, 0.29) is 5.78 Å². The van der Waals surface area contributed by atoms with Gasteiger partial charge in [0.05, 0.1) is 13.0 Å². The third-order valence-electron chi connectivity index (χ3n) is 3.37. The van der Waals surface area contributed by atoms with Crippen LogP contribution < -0.4 is 4.74 Å². The number of carbonyl (C=O) groups excluding carboxylic acids is 1. The lowest BCUT2D eigenvalue weighted by atomic mass is 9.96. The van der Waals surface area contributed by atoms with Gasteiger partial charge in [0.15, 0.2) is 5.78 Å². The number of methoxy groups -OCH3 is 1. The molecule has 0 saturated heterocycles. The van der Waals surface area contributed by atoms with Gasteiger partial charge in [-0.15, -0.1) is 0 Å². The molecule has 0 fully saturated rings. The van der Waals surface area contributed by atoms with Crippen LogP contribution in [0.5, 0.6) is 5.75 Å². The van der Waals surface area contributed by atoms with Crippen molar-refractivity contribution in [1.29, 1.82) is 0 Å². The maximum Gasteiger partial charge on any atom is 0.310 e. The molecule has 1 N–H and O–H groups in total. The average Bonchev–Trinajstić information content (AvgIpc) is 2.53. The van der Waals surface area contributed by atoms with Crippen LogP contribution in [0, 0.1) is 0 Å². The quantitative estimate of drug-likeness (QED) is 0.857. The molecule has 2 aromatic carbocycles. The summed E-state index contributed by atoms with van der Waals surface area (Å²) in [6.45, 7) is 1.60. The van der Waals surface area contributed by atoms with Crippen molar-refractivity contribution >= 4 is 11.8 Å².